The second-order valence-electron chi connectivity index (χ2n) is 6.12. The minimum absolute atomic E-state index is 0.191. The van der Waals surface area contributed by atoms with Gasteiger partial charge in [-0.2, -0.15) is 0 Å². The lowest BCUT2D eigenvalue weighted by Gasteiger charge is -2.34. The second kappa shape index (κ2) is 7.50. The summed E-state index contributed by atoms with van der Waals surface area (Å²) in [5.74, 6) is -0.311. The highest BCUT2D eigenvalue weighted by atomic mass is 35.5. The number of carbonyl (C=O) groups is 1. The number of hydrogen-bond donors (Lipinski definition) is 1. The summed E-state index contributed by atoms with van der Waals surface area (Å²) in [7, 11) is 0. The molecule has 0 spiro atoms. The van der Waals surface area contributed by atoms with Crippen molar-refractivity contribution >= 4 is 61.6 Å². The molecule has 9 heteroatoms. The van der Waals surface area contributed by atoms with Crippen molar-refractivity contribution in [1.29, 1.82) is 0 Å². The monoisotopic (exact) mass is 424 g/mol. The van der Waals surface area contributed by atoms with E-state index in [1.165, 1.54) is 17.4 Å². The molecular formula is C18H15Cl2FN4OS. The van der Waals surface area contributed by atoms with Crippen LogP contribution in [-0.2, 0) is 0 Å². The topological polar surface area (TPSA) is 48.5 Å². The molecule has 0 radical (unpaired) electrons. The van der Waals surface area contributed by atoms with Gasteiger partial charge in [0.2, 0.25) is 0 Å². The lowest BCUT2D eigenvalue weighted by molar-refractivity contribution is 0.208. The van der Waals surface area contributed by atoms with E-state index in [0.717, 1.165) is 9.83 Å². The Labute approximate surface area is 169 Å². The van der Waals surface area contributed by atoms with Crippen molar-refractivity contribution in [3.63, 3.8) is 0 Å². The van der Waals surface area contributed by atoms with Gasteiger partial charge in [0.1, 0.15) is 11.3 Å². The van der Waals surface area contributed by atoms with E-state index in [1.54, 1.807) is 29.2 Å². The quantitative estimate of drug-likeness (QED) is 0.622. The lowest BCUT2D eigenvalue weighted by atomic mass is 10.3. The van der Waals surface area contributed by atoms with Crippen LogP contribution in [0.3, 0.4) is 0 Å². The maximum Gasteiger partial charge on any atom is 0.321 e. The molecule has 140 valence electrons. The highest BCUT2D eigenvalue weighted by Crippen LogP contribution is 2.31. The van der Waals surface area contributed by atoms with Crippen molar-refractivity contribution in [2.45, 2.75) is 0 Å². The van der Waals surface area contributed by atoms with Crippen LogP contribution in [0.2, 0.25) is 10.0 Å². The minimum Gasteiger partial charge on any atom is -0.345 e. The Hall–Kier alpha value is -2.09. The number of aromatic nitrogens is 1. The molecule has 0 bridgehead atoms. The van der Waals surface area contributed by atoms with E-state index < -0.39 is 0 Å². The summed E-state index contributed by atoms with van der Waals surface area (Å²) in [6, 6.07) is 9.74. The average molecular weight is 425 g/mol. The maximum absolute atomic E-state index is 13.8. The van der Waals surface area contributed by atoms with Gasteiger partial charge in [0.15, 0.2) is 5.13 Å². The molecule has 1 aliphatic rings. The standard InChI is InChI=1S/C18H15Cl2FN4OS/c19-12-5-4-11(10-13(12)20)22-17(26)24-6-8-25(9-7-24)18-23-16-14(21)2-1-3-15(16)27-18/h1-5,10H,6-9H2,(H,22,26). The van der Waals surface area contributed by atoms with Gasteiger partial charge in [0.25, 0.3) is 0 Å². The van der Waals surface area contributed by atoms with Gasteiger partial charge in [0, 0.05) is 31.9 Å². The smallest absolute Gasteiger partial charge is 0.321 e. The van der Waals surface area contributed by atoms with Gasteiger partial charge in [-0.25, -0.2) is 14.2 Å². The first-order chi connectivity index (χ1) is 13.0. The number of urea groups is 1. The Balaban J connectivity index is 1.39. The molecule has 3 aromatic rings. The Kier molecular flexibility index (Phi) is 5.08. The summed E-state index contributed by atoms with van der Waals surface area (Å²) in [4.78, 5) is 20.7. The first kappa shape index (κ1) is 18.3. The highest BCUT2D eigenvalue weighted by Gasteiger charge is 2.23. The number of fused-ring (bicyclic) bond motifs is 1. The fraction of sp³-hybridized carbons (Fsp3) is 0.222. The van der Waals surface area contributed by atoms with Gasteiger partial charge < -0.3 is 15.1 Å². The third-order valence-corrected chi connectivity index (χ3v) is 6.19. The first-order valence-electron chi connectivity index (χ1n) is 8.32. The Morgan fingerprint density at radius 2 is 1.89 bits per heavy atom. The van der Waals surface area contributed by atoms with Gasteiger partial charge in [-0.3, -0.25) is 0 Å². The van der Waals surface area contributed by atoms with E-state index in [1.807, 2.05) is 6.07 Å². The number of anilines is 2. The normalized spacial score (nSPS) is 14.6. The first-order valence-corrected chi connectivity index (χ1v) is 9.89. The van der Waals surface area contributed by atoms with Crippen LogP contribution in [0.4, 0.5) is 20.0 Å². The van der Waals surface area contributed by atoms with Crippen molar-refractivity contribution in [2.75, 3.05) is 36.4 Å². The van der Waals surface area contributed by atoms with E-state index in [9.17, 15) is 9.18 Å². The van der Waals surface area contributed by atoms with E-state index in [2.05, 4.69) is 15.2 Å². The SMILES string of the molecule is O=C(Nc1ccc(Cl)c(Cl)c1)N1CCN(c2nc3c(F)cccc3s2)CC1. The van der Waals surface area contributed by atoms with E-state index in [0.29, 0.717) is 47.4 Å². The van der Waals surface area contributed by atoms with Crippen LogP contribution in [0.15, 0.2) is 36.4 Å². The van der Waals surface area contributed by atoms with Crippen LogP contribution in [0.25, 0.3) is 10.2 Å². The zero-order chi connectivity index (χ0) is 19.0. The van der Waals surface area contributed by atoms with Crippen molar-refractivity contribution < 1.29 is 9.18 Å². The van der Waals surface area contributed by atoms with Gasteiger partial charge in [0.05, 0.1) is 14.7 Å². The number of halogens is 3. The number of carbonyl (C=O) groups excluding carboxylic acids is 1. The summed E-state index contributed by atoms with van der Waals surface area (Å²) in [6.45, 7) is 2.36. The summed E-state index contributed by atoms with van der Waals surface area (Å²) in [5.41, 5.74) is 0.996. The summed E-state index contributed by atoms with van der Waals surface area (Å²) >= 11 is 13.3. The fourth-order valence-corrected chi connectivity index (χ4v) is 4.25. The highest BCUT2D eigenvalue weighted by molar-refractivity contribution is 7.22. The summed E-state index contributed by atoms with van der Waals surface area (Å²) < 4.78 is 14.7. The Morgan fingerprint density at radius 3 is 2.59 bits per heavy atom. The predicted octanol–water partition coefficient (Wildman–Crippen LogP) is 5.10. The molecule has 1 saturated heterocycles. The maximum atomic E-state index is 13.8. The molecule has 1 N–H and O–H groups in total. The molecule has 0 aliphatic carbocycles. The van der Waals surface area contributed by atoms with Crippen molar-refractivity contribution in [2.24, 2.45) is 0 Å². The summed E-state index contributed by atoms with van der Waals surface area (Å²) in [5, 5.41) is 4.43. The van der Waals surface area contributed by atoms with Gasteiger partial charge in [-0.05, 0) is 30.3 Å². The molecule has 4 rings (SSSR count). The third-order valence-electron chi connectivity index (χ3n) is 4.37. The van der Waals surface area contributed by atoms with E-state index in [4.69, 9.17) is 23.2 Å². The molecule has 0 atom stereocenters. The Bertz CT molecular complexity index is 1000. The molecular weight excluding hydrogens is 410 g/mol. The molecule has 1 fully saturated rings. The van der Waals surface area contributed by atoms with Crippen LogP contribution in [0.5, 0.6) is 0 Å². The zero-order valence-corrected chi connectivity index (χ0v) is 16.4. The molecule has 5 nitrogen and oxygen atoms in total. The number of nitrogens with one attached hydrogen (secondary N) is 1. The molecule has 1 aromatic heterocycles. The molecule has 2 heterocycles. The second-order valence-corrected chi connectivity index (χ2v) is 7.94. The number of benzene rings is 2. The number of amides is 2. The van der Waals surface area contributed by atoms with Crippen molar-refractivity contribution in [3.8, 4) is 0 Å². The Morgan fingerprint density at radius 1 is 1.11 bits per heavy atom. The third kappa shape index (κ3) is 3.81. The zero-order valence-electron chi connectivity index (χ0n) is 14.1. The largest absolute Gasteiger partial charge is 0.345 e. The number of nitrogens with zero attached hydrogens (tertiary/aromatic N) is 3. The van der Waals surface area contributed by atoms with Crippen LogP contribution >= 0.6 is 34.5 Å². The lowest BCUT2D eigenvalue weighted by Crippen LogP contribution is -2.50. The number of piperazine rings is 1. The number of para-hydroxylation sites is 1. The number of thiazole rings is 1. The van der Waals surface area contributed by atoms with Gasteiger partial charge >= 0.3 is 6.03 Å². The molecule has 2 amide bonds. The van der Waals surface area contributed by atoms with Crippen LogP contribution < -0.4 is 10.2 Å². The predicted molar refractivity (Wildman–Crippen MR) is 109 cm³/mol. The molecule has 2 aromatic carbocycles. The van der Waals surface area contributed by atoms with Gasteiger partial charge in [-0.1, -0.05) is 40.6 Å². The number of hydrogen-bond acceptors (Lipinski definition) is 4. The van der Waals surface area contributed by atoms with Crippen LogP contribution in [-0.4, -0.2) is 42.1 Å². The molecule has 0 saturated carbocycles. The molecule has 1 aliphatic heterocycles. The molecule has 27 heavy (non-hydrogen) atoms. The van der Waals surface area contributed by atoms with Crippen LogP contribution in [0, 0.1) is 5.82 Å². The fourth-order valence-electron chi connectivity index (χ4n) is 2.92. The van der Waals surface area contributed by atoms with Crippen LogP contribution in [0.1, 0.15) is 0 Å². The number of rotatable bonds is 2. The van der Waals surface area contributed by atoms with Gasteiger partial charge in [-0.15, -0.1) is 0 Å². The van der Waals surface area contributed by atoms with E-state index >= 15 is 0 Å². The van der Waals surface area contributed by atoms with E-state index in [-0.39, 0.29) is 11.8 Å². The minimum atomic E-state index is -0.311. The van der Waals surface area contributed by atoms with Crippen molar-refractivity contribution in [3.05, 3.63) is 52.3 Å². The molecule has 0 unspecified atom stereocenters. The average Bonchev–Trinajstić information content (AvgIpc) is 3.11. The van der Waals surface area contributed by atoms with Crippen molar-refractivity contribution in [1.82, 2.24) is 9.88 Å². The summed E-state index contributed by atoms with van der Waals surface area (Å²) in [6.07, 6.45) is 0.